The number of anilines is 1. The number of rotatable bonds is 6. The molecule has 0 atom stereocenters. The van der Waals surface area contributed by atoms with Gasteiger partial charge in [0.2, 0.25) is 0 Å². The number of carbonyl (C=O) groups excluding carboxylic acids is 2. The van der Waals surface area contributed by atoms with Gasteiger partial charge in [-0.25, -0.2) is 0 Å². The average Bonchev–Trinajstić information content (AvgIpc) is 2.64. The Labute approximate surface area is 173 Å². The molecule has 0 radical (unpaired) electrons. The molecule has 0 aromatic heterocycles. The van der Waals surface area contributed by atoms with Gasteiger partial charge >= 0.3 is 12.1 Å². The molecule has 5 nitrogen and oxygen atoms in total. The molecule has 2 rings (SSSR count). The molecule has 0 unspecified atom stereocenters. The van der Waals surface area contributed by atoms with Gasteiger partial charge in [0.25, 0.3) is 5.91 Å². The maximum absolute atomic E-state index is 12.2. The van der Waals surface area contributed by atoms with E-state index in [1.165, 1.54) is 12.1 Å². The van der Waals surface area contributed by atoms with Crippen molar-refractivity contribution in [2.24, 2.45) is 0 Å². The number of nitrogens with one attached hydrogen (secondary N) is 2. The monoisotopic (exact) mass is 422 g/mol. The highest BCUT2D eigenvalue weighted by molar-refractivity contribution is 5.91. The first-order valence-corrected chi connectivity index (χ1v) is 9.34. The van der Waals surface area contributed by atoms with Crippen LogP contribution in [0.25, 0.3) is 0 Å². The van der Waals surface area contributed by atoms with E-state index in [1.807, 2.05) is 25.1 Å². The minimum atomic E-state index is -4.92. The summed E-state index contributed by atoms with van der Waals surface area (Å²) in [5.41, 5.74) is 2.89. The lowest BCUT2D eigenvalue weighted by Crippen LogP contribution is -2.36. The van der Waals surface area contributed by atoms with E-state index < -0.39 is 12.1 Å². The van der Waals surface area contributed by atoms with Gasteiger partial charge in [0.1, 0.15) is 5.75 Å². The first-order chi connectivity index (χ1) is 13.9. The number of ether oxygens (including phenoxy) is 1. The van der Waals surface area contributed by atoms with Crippen LogP contribution in [0.5, 0.6) is 5.75 Å². The van der Waals surface area contributed by atoms with Crippen molar-refractivity contribution >= 4 is 17.5 Å². The van der Waals surface area contributed by atoms with Gasteiger partial charge in [0.05, 0.1) is 0 Å². The van der Waals surface area contributed by atoms with Crippen molar-refractivity contribution in [3.63, 3.8) is 0 Å². The molecular weight excluding hydrogens is 397 g/mol. The van der Waals surface area contributed by atoms with Crippen LogP contribution in [0.1, 0.15) is 37.5 Å². The van der Waals surface area contributed by atoms with Gasteiger partial charge in [0, 0.05) is 12.2 Å². The summed E-state index contributed by atoms with van der Waals surface area (Å²) in [5, 5.41) is 4.45. The van der Waals surface area contributed by atoms with E-state index >= 15 is 0 Å². The minimum Gasteiger partial charge on any atom is -0.483 e. The fourth-order valence-corrected chi connectivity index (χ4v) is 2.68. The Kier molecular flexibility index (Phi) is 7.12. The fraction of sp³-hybridized carbons (Fsp3) is 0.364. The molecule has 0 aliphatic rings. The Balaban J connectivity index is 1.91. The van der Waals surface area contributed by atoms with Crippen LogP contribution >= 0.6 is 0 Å². The summed E-state index contributed by atoms with van der Waals surface area (Å²) in [6, 6.07) is 11.9. The van der Waals surface area contributed by atoms with Crippen molar-refractivity contribution in [2.45, 2.75) is 45.8 Å². The third-order valence-corrected chi connectivity index (χ3v) is 4.25. The van der Waals surface area contributed by atoms with Gasteiger partial charge in [-0.1, -0.05) is 50.6 Å². The van der Waals surface area contributed by atoms with Gasteiger partial charge in [-0.2, -0.15) is 13.2 Å². The summed E-state index contributed by atoms with van der Waals surface area (Å²) in [7, 11) is 0. The normalized spacial score (nSPS) is 11.7. The predicted octanol–water partition coefficient (Wildman–Crippen LogP) is 4.49. The maximum atomic E-state index is 12.2. The Bertz CT molecular complexity index is 901. The van der Waals surface area contributed by atoms with E-state index in [2.05, 4.69) is 26.1 Å². The topological polar surface area (TPSA) is 67.4 Å². The Morgan fingerprint density at radius 2 is 1.63 bits per heavy atom. The highest BCUT2D eigenvalue weighted by Crippen LogP contribution is 2.32. The zero-order valence-electron chi connectivity index (χ0n) is 17.3. The molecule has 162 valence electrons. The number of alkyl halides is 3. The second kappa shape index (κ2) is 9.19. The summed E-state index contributed by atoms with van der Waals surface area (Å²) >= 11 is 0. The van der Waals surface area contributed by atoms with E-state index in [4.69, 9.17) is 4.74 Å². The van der Waals surface area contributed by atoms with Gasteiger partial charge < -0.3 is 15.4 Å². The molecule has 0 fully saturated rings. The van der Waals surface area contributed by atoms with E-state index in [-0.39, 0.29) is 24.5 Å². The lowest BCUT2D eigenvalue weighted by atomic mass is 9.85. The molecule has 2 amide bonds. The molecule has 0 heterocycles. The van der Waals surface area contributed by atoms with Gasteiger partial charge in [-0.05, 0) is 41.7 Å². The molecule has 2 N–H and O–H groups in total. The summed E-state index contributed by atoms with van der Waals surface area (Å²) < 4.78 is 42.3. The second-order valence-electron chi connectivity index (χ2n) is 7.96. The van der Waals surface area contributed by atoms with Crippen LogP contribution in [0.2, 0.25) is 0 Å². The van der Waals surface area contributed by atoms with Crippen molar-refractivity contribution in [3.05, 3.63) is 59.2 Å². The molecular formula is C22H25F3N2O3. The zero-order chi connectivity index (χ0) is 22.5. The molecule has 30 heavy (non-hydrogen) atoms. The van der Waals surface area contributed by atoms with Crippen molar-refractivity contribution in [1.29, 1.82) is 0 Å². The third kappa shape index (κ3) is 6.79. The third-order valence-electron chi connectivity index (χ3n) is 4.25. The summed E-state index contributed by atoms with van der Waals surface area (Å²) in [6.07, 6.45) is -4.92. The number of benzene rings is 2. The first-order valence-electron chi connectivity index (χ1n) is 9.34. The molecule has 2 aromatic rings. The van der Waals surface area contributed by atoms with Crippen LogP contribution in [-0.2, 0) is 21.5 Å². The highest BCUT2D eigenvalue weighted by atomic mass is 19.4. The Morgan fingerprint density at radius 1 is 1.00 bits per heavy atom. The Morgan fingerprint density at radius 3 is 2.20 bits per heavy atom. The SMILES string of the molecule is Cc1ccc(OCC(=O)Nc2ccc(CNC(=O)C(F)(F)F)cc2)c(C(C)(C)C)c1. The number of aryl methyl sites for hydroxylation is 1. The van der Waals surface area contributed by atoms with Gasteiger partial charge in [-0.3, -0.25) is 9.59 Å². The van der Waals surface area contributed by atoms with Crippen molar-refractivity contribution in [3.8, 4) is 5.75 Å². The zero-order valence-corrected chi connectivity index (χ0v) is 17.3. The fourth-order valence-electron chi connectivity index (χ4n) is 2.68. The number of carbonyl (C=O) groups is 2. The Hall–Kier alpha value is -3.03. The molecule has 0 saturated carbocycles. The lowest BCUT2D eigenvalue weighted by Gasteiger charge is -2.23. The molecule has 8 heteroatoms. The minimum absolute atomic E-state index is 0.144. The van der Waals surface area contributed by atoms with Crippen LogP contribution in [0, 0.1) is 6.92 Å². The van der Waals surface area contributed by atoms with E-state index in [0.29, 0.717) is 17.0 Å². The van der Waals surface area contributed by atoms with E-state index in [9.17, 15) is 22.8 Å². The number of hydrogen-bond acceptors (Lipinski definition) is 3. The summed E-state index contributed by atoms with van der Waals surface area (Å²) in [6.45, 7) is 7.73. The second-order valence-corrected chi connectivity index (χ2v) is 7.96. The van der Waals surface area contributed by atoms with Crippen LogP contribution in [0.3, 0.4) is 0 Å². The van der Waals surface area contributed by atoms with Crippen LogP contribution in [0.4, 0.5) is 18.9 Å². The quantitative estimate of drug-likeness (QED) is 0.721. The lowest BCUT2D eigenvalue weighted by molar-refractivity contribution is -0.173. The number of hydrogen-bond donors (Lipinski definition) is 2. The molecule has 2 aromatic carbocycles. The van der Waals surface area contributed by atoms with Crippen molar-refractivity contribution in [1.82, 2.24) is 5.32 Å². The molecule has 0 saturated heterocycles. The number of halogens is 3. The largest absolute Gasteiger partial charge is 0.483 e. The van der Waals surface area contributed by atoms with Gasteiger partial charge in [-0.15, -0.1) is 0 Å². The first kappa shape index (κ1) is 23.3. The number of amides is 2. The summed E-state index contributed by atoms with van der Waals surface area (Å²) in [4.78, 5) is 23.0. The van der Waals surface area contributed by atoms with Crippen LogP contribution in [0.15, 0.2) is 42.5 Å². The maximum Gasteiger partial charge on any atom is 0.471 e. The average molecular weight is 422 g/mol. The smallest absolute Gasteiger partial charge is 0.471 e. The summed E-state index contributed by atoms with van der Waals surface area (Å²) in [5.74, 6) is -1.73. The molecule has 0 aliphatic carbocycles. The molecule has 0 bridgehead atoms. The standard InChI is InChI=1S/C22H25F3N2O3/c1-14-5-10-18(17(11-14)21(2,3)4)30-13-19(28)27-16-8-6-15(7-9-16)12-26-20(29)22(23,24)25/h5-11H,12-13H2,1-4H3,(H,26,29)(H,27,28). The van der Waals surface area contributed by atoms with Crippen LogP contribution in [-0.4, -0.2) is 24.6 Å². The van der Waals surface area contributed by atoms with E-state index in [1.54, 1.807) is 17.4 Å². The predicted molar refractivity (Wildman–Crippen MR) is 108 cm³/mol. The van der Waals surface area contributed by atoms with Gasteiger partial charge in [0.15, 0.2) is 6.61 Å². The van der Waals surface area contributed by atoms with Crippen molar-refractivity contribution < 1.29 is 27.5 Å². The van der Waals surface area contributed by atoms with Crippen LogP contribution < -0.4 is 15.4 Å². The highest BCUT2D eigenvalue weighted by Gasteiger charge is 2.38. The van der Waals surface area contributed by atoms with E-state index in [0.717, 1.165) is 11.1 Å². The molecule has 0 spiro atoms. The molecule has 0 aliphatic heterocycles. The van der Waals surface area contributed by atoms with Crippen molar-refractivity contribution in [2.75, 3.05) is 11.9 Å².